The van der Waals surface area contributed by atoms with Crippen LogP contribution in [0.1, 0.15) is 25.3 Å². The lowest BCUT2D eigenvalue weighted by Gasteiger charge is -2.24. The van der Waals surface area contributed by atoms with Crippen molar-refractivity contribution in [3.63, 3.8) is 0 Å². The molecule has 0 aliphatic carbocycles. The van der Waals surface area contributed by atoms with Gasteiger partial charge in [-0.15, -0.1) is 0 Å². The summed E-state index contributed by atoms with van der Waals surface area (Å²) in [5.74, 6) is 1.29. The molecule has 1 aliphatic rings. The molecule has 0 saturated carbocycles. The van der Waals surface area contributed by atoms with Crippen LogP contribution in [-0.2, 0) is 11.2 Å². The Labute approximate surface area is 124 Å². The standard InChI is InChI=1S/C15H22N2O2S/c1-15(7-2-8-20-15)10-17-14(19)13(16)9-11-3-5-12(18)6-4-11/h3-6,13,18H,2,7-10,16H2,1H3,(H,17,19). The molecule has 1 aromatic carbocycles. The topological polar surface area (TPSA) is 75.4 Å². The Morgan fingerprint density at radius 2 is 2.20 bits per heavy atom. The van der Waals surface area contributed by atoms with Gasteiger partial charge in [-0.05, 0) is 49.6 Å². The molecule has 2 rings (SSSR count). The van der Waals surface area contributed by atoms with Crippen molar-refractivity contribution in [1.82, 2.24) is 5.32 Å². The van der Waals surface area contributed by atoms with E-state index < -0.39 is 6.04 Å². The molecule has 20 heavy (non-hydrogen) atoms. The summed E-state index contributed by atoms with van der Waals surface area (Å²) in [5, 5.41) is 12.2. The predicted molar refractivity (Wildman–Crippen MR) is 82.9 cm³/mol. The zero-order valence-corrected chi connectivity index (χ0v) is 12.6. The average Bonchev–Trinajstić information content (AvgIpc) is 2.86. The van der Waals surface area contributed by atoms with E-state index in [1.807, 2.05) is 11.8 Å². The van der Waals surface area contributed by atoms with E-state index in [9.17, 15) is 9.90 Å². The summed E-state index contributed by atoms with van der Waals surface area (Å²) in [5.41, 5.74) is 6.88. The number of phenolic OH excluding ortho intramolecular Hbond substituents is 1. The summed E-state index contributed by atoms with van der Waals surface area (Å²) in [6, 6.07) is 6.24. The Morgan fingerprint density at radius 1 is 1.50 bits per heavy atom. The van der Waals surface area contributed by atoms with E-state index in [-0.39, 0.29) is 16.4 Å². The van der Waals surface area contributed by atoms with Gasteiger partial charge in [-0.2, -0.15) is 11.8 Å². The number of amides is 1. The quantitative estimate of drug-likeness (QED) is 0.772. The molecule has 1 saturated heterocycles. The molecule has 2 atom stereocenters. The van der Waals surface area contributed by atoms with Crippen molar-refractivity contribution in [2.24, 2.45) is 5.73 Å². The van der Waals surface area contributed by atoms with Gasteiger partial charge in [-0.3, -0.25) is 4.79 Å². The maximum absolute atomic E-state index is 12.0. The van der Waals surface area contributed by atoms with Gasteiger partial charge in [0.15, 0.2) is 0 Å². The molecular formula is C15H22N2O2S. The molecule has 1 aromatic rings. The third kappa shape index (κ3) is 4.15. The van der Waals surface area contributed by atoms with Gasteiger partial charge in [0.25, 0.3) is 0 Å². The molecule has 1 fully saturated rings. The first kappa shape index (κ1) is 15.2. The van der Waals surface area contributed by atoms with E-state index in [1.165, 1.54) is 12.2 Å². The van der Waals surface area contributed by atoms with Gasteiger partial charge in [0.05, 0.1) is 6.04 Å². The van der Waals surface area contributed by atoms with Crippen molar-refractivity contribution in [2.45, 2.75) is 37.0 Å². The molecule has 0 spiro atoms. The number of nitrogens with two attached hydrogens (primary N) is 1. The van der Waals surface area contributed by atoms with Gasteiger partial charge >= 0.3 is 0 Å². The first-order valence-electron chi connectivity index (χ1n) is 6.94. The van der Waals surface area contributed by atoms with Crippen molar-refractivity contribution in [3.8, 4) is 5.75 Å². The summed E-state index contributed by atoms with van der Waals surface area (Å²) in [6.07, 6.45) is 2.84. The van der Waals surface area contributed by atoms with Gasteiger partial charge in [0.2, 0.25) is 5.91 Å². The van der Waals surface area contributed by atoms with Crippen LogP contribution in [0.4, 0.5) is 0 Å². The van der Waals surface area contributed by atoms with Crippen molar-refractivity contribution >= 4 is 17.7 Å². The molecule has 1 amide bonds. The molecular weight excluding hydrogens is 272 g/mol. The summed E-state index contributed by atoms with van der Waals surface area (Å²) >= 11 is 1.92. The first-order valence-corrected chi connectivity index (χ1v) is 7.92. The third-order valence-electron chi connectivity index (χ3n) is 3.67. The van der Waals surface area contributed by atoms with Crippen LogP contribution in [-0.4, -0.2) is 34.1 Å². The Bertz CT molecular complexity index is 455. The van der Waals surface area contributed by atoms with Crippen molar-refractivity contribution in [3.05, 3.63) is 29.8 Å². The highest BCUT2D eigenvalue weighted by Crippen LogP contribution is 2.36. The predicted octanol–water partition coefficient (Wildman–Crippen LogP) is 1.66. The number of phenols is 1. The summed E-state index contributed by atoms with van der Waals surface area (Å²) < 4.78 is 0.161. The largest absolute Gasteiger partial charge is 0.508 e. The number of rotatable bonds is 5. The highest BCUT2D eigenvalue weighted by atomic mass is 32.2. The van der Waals surface area contributed by atoms with E-state index in [4.69, 9.17) is 5.73 Å². The fourth-order valence-electron chi connectivity index (χ4n) is 2.36. The number of carbonyl (C=O) groups is 1. The fraction of sp³-hybridized carbons (Fsp3) is 0.533. The average molecular weight is 294 g/mol. The lowest BCUT2D eigenvalue weighted by Crippen LogP contribution is -2.46. The van der Waals surface area contributed by atoms with Crippen LogP contribution in [0.15, 0.2) is 24.3 Å². The highest BCUT2D eigenvalue weighted by molar-refractivity contribution is 8.00. The third-order valence-corrected chi connectivity index (χ3v) is 5.20. The second-order valence-corrected chi connectivity index (χ2v) is 7.28. The highest BCUT2D eigenvalue weighted by Gasteiger charge is 2.30. The number of thioether (sulfide) groups is 1. The summed E-state index contributed by atoms with van der Waals surface area (Å²) in [4.78, 5) is 12.0. The van der Waals surface area contributed by atoms with E-state index >= 15 is 0 Å². The van der Waals surface area contributed by atoms with Gasteiger partial charge in [-0.25, -0.2) is 0 Å². The summed E-state index contributed by atoms with van der Waals surface area (Å²) in [6.45, 7) is 2.87. The zero-order valence-electron chi connectivity index (χ0n) is 11.8. The van der Waals surface area contributed by atoms with Gasteiger partial charge in [0.1, 0.15) is 5.75 Å². The van der Waals surface area contributed by atoms with Crippen LogP contribution in [0.3, 0.4) is 0 Å². The fourth-order valence-corrected chi connectivity index (χ4v) is 3.60. The Hall–Kier alpha value is -1.20. The maximum atomic E-state index is 12.0. The molecule has 2 unspecified atom stereocenters. The van der Waals surface area contributed by atoms with Crippen LogP contribution in [0.2, 0.25) is 0 Å². The van der Waals surface area contributed by atoms with Crippen molar-refractivity contribution in [1.29, 1.82) is 0 Å². The monoisotopic (exact) mass is 294 g/mol. The van der Waals surface area contributed by atoms with Gasteiger partial charge in [0, 0.05) is 11.3 Å². The van der Waals surface area contributed by atoms with Crippen LogP contribution < -0.4 is 11.1 Å². The molecule has 1 heterocycles. The van der Waals surface area contributed by atoms with E-state index in [0.717, 1.165) is 12.0 Å². The van der Waals surface area contributed by atoms with Gasteiger partial charge < -0.3 is 16.2 Å². The Balaban J connectivity index is 1.81. The molecule has 0 radical (unpaired) electrons. The number of hydrogen-bond donors (Lipinski definition) is 3. The van der Waals surface area contributed by atoms with Crippen LogP contribution >= 0.6 is 11.8 Å². The molecule has 1 aliphatic heterocycles. The maximum Gasteiger partial charge on any atom is 0.237 e. The number of aromatic hydroxyl groups is 1. The second-order valence-electron chi connectivity index (χ2n) is 5.60. The smallest absolute Gasteiger partial charge is 0.237 e. The number of hydrogen-bond acceptors (Lipinski definition) is 4. The zero-order chi connectivity index (χ0) is 14.6. The van der Waals surface area contributed by atoms with Crippen LogP contribution in [0, 0.1) is 0 Å². The van der Waals surface area contributed by atoms with E-state index in [2.05, 4.69) is 12.2 Å². The van der Waals surface area contributed by atoms with Crippen LogP contribution in [0.25, 0.3) is 0 Å². The Morgan fingerprint density at radius 3 is 2.80 bits per heavy atom. The Kier molecular flexibility index (Phi) is 4.94. The minimum Gasteiger partial charge on any atom is -0.508 e. The normalized spacial score (nSPS) is 23.5. The van der Waals surface area contributed by atoms with Crippen LogP contribution in [0.5, 0.6) is 5.75 Å². The van der Waals surface area contributed by atoms with E-state index in [0.29, 0.717) is 13.0 Å². The van der Waals surface area contributed by atoms with Gasteiger partial charge in [-0.1, -0.05) is 12.1 Å². The lowest BCUT2D eigenvalue weighted by atomic mass is 10.0. The molecule has 0 aromatic heterocycles. The number of carbonyl (C=O) groups excluding carboxylic acids is 1. The molecule has 4 nitrogen and oxygen atoms in total. The molecule has 110 valence electrons. The molecule has 5 heteroatoms. The molecule has 0 bridgehead atoms. The summed E-state index contributed by atoms with van der Waals surface area (Å²) in [7, 11) is 0. The number of benzene rings is 1. The minimum absolute atomic E-state index is 0.105. The first-order chi connectivity index (χ1) is 9.48. The SMILES string of the molecule is CC1(CNC(=O)C(N)Cc2ccc(O)cc2)CCCS1. The van der Waals surface area contributed by atoms with Crippen molar-refractivity contribution < 1.29 is 9.90 Å². The van der Waals surface area contributed by atoms with Crippen molar-refractivity contribution in [2.75, 3.05) is 12.3 Å². The number of nitrogens with one attached hydrogen (secondary N) is 1. The minimum atomic E-state index is -0.547. The second kappa shape index (κ2) is 6.50. The molecule has 4 N–H and O–H groups in total. The lowest BCUT2D eigenvalue weighted by molar-refractivity contribution is -0.122. The van der Waals surface area contributed by atoms with E-state index in [1.54, 1.807) is 24.3 Å².